The Balaban J connectivity index is 3.25. The van der Waals surface area contributed by atoms with Crippen LogP contribution in [0.15, 0.2) is 0 Å². The number of aliphatic hydroxyl groups is 1. The standard InChI is InChI=1S/C8H14O/c1-3-5-6-7-8(9)4-2/h8-9H,3-4,7H2,1-2H3/t8-/m1/s1. The van der Waals surface area contributed by atoms with E-state index in [1.165, 1.54) is 0 Å². The molecular weight excluding hydrogens is 112 g/mol. The van der Waals surface area contributed by atoms with Crippen LogP contribution >= 0.6 is 0 Å². The van der Waals surface area contributed by atoms with Crippen LogP contribution in [0, 0.1) is 11.8 Å². The van der Waals surface area contributed by atoms with Crippen molar-refractivity contribution in [3.63, 3.8) is 0 Å². The molecule has 0 radical (unpaired) electrons. The Morgan fingerprint density at radius 2 is 2.00 bits per heavy atom. The van der Waals surface area contributed by atoms with Gasteiger partial charge in [0.15, 0.2) is 0 Å². The van der Waals surface area contributed by atoms with Crippen LogP contribution in [0.1, 0.15) is 33.1 Å². The molecule has 1 nitrogen and oxygen atoms in total. The van der Waals surface area contributed by atoms with Gasteiger partial charge in [-0.1, -0.05) is 13.8 Å². The summed E-state index contributed by atoms with van der Waals surface area (Å²) in [7, 11) is 0. The molecule has 52 valence electrons. The molecule has 1 atom stereocenters. The highest BCUT2D eigenvalue weighted by Gasteiger charge is 1.93. The van der Waals surface area contributed by atoms with Crippen LogP contribution in [0.4, 0.5) is 0 Å². The van der Waals surface area contributed by atoms with Gasteiger partial charge in [0.2, 0.25) is 0 Å². The molecule has 0 aliphatic heterocycles. The molecule has 0 rings (SSSR count). The number of aliphatic hydroxyl groups excluding tert-OH is 1. The summed E-state index contributed by atoms with van der Waals surface area (Å²) in [6.45, 7) is 3.96. The minimum Gasteiger partial charge on any atom is -0.392 e. The lowest BCUT2D eigenvalue weighted by molar-refractivity contribution is 0.176. The highest BCUT2D eigenvalue weighted by Crippen LogP contribution is 1.93. The highest BCUT2D eigenvalue weighted by molar-refractivity contribution is 4.98. The molecule has 0 saturated carbocycles. The molecular formula is C8H14O. The lowest BCUT2D eigenvalue weighted by Crippen LogP contribution is -2.01. The summed E-state index contributed by atoms with van der Waals surface area (Å²) in [5.74, 6) is 5.79. The van der Waals surface area contributed by atoms with E-state index in [0.717, 1.165) is 12.8 Å². The van der Waals surface area contributed by atoms with Crippen molar-refractivity contribution in [3.05, 3.63) is 0 Å². The fourth-order valence-electron chi connectivity index (χ4n) is 0.459. The summed E-state index contributed by atoms with van der Waals surface area (Å²) in [5, 5.41) is 8.98. The summed E-state index contributed by atoms with van der Waals surface area (Å²) in [4.78, 5) is 0. The Kier molecular flexibility index (Phi) is 5.35. The van der Waals surface area contributed by atoms with E-state index in [0.29, 0.717) is 6.42 Å². The summed E-state index contributed by atoms with van der Waals surface area (Å²) in [5.41, 5.74) is 0. The van der Waals surface area contributed by atoms with Crippen LogP contribution in [0.3, 0.4) is 0 Å². The van der Waals surface area contributed by atoms with Crippen LogP contribution in [0.5, 0.6) is 0 Å². The van der Waals surface area contributed by atoms with Crippen molar-refractivity contribution in [1.29, 1.82) is 0 Å². The minimum atomic E-state index is -0.218. The first-order chi connectivity index (χ1) is 4.31. The zero-order valence-electron chi connectivity index (χ0n) is 6.15. The number of hydrogen-bond acceptors (Lipinski definition) is 1. The van der Waals surface area contributed by atoms with E-state index in [9.17, 15) is 0 Å². The van der Waals surface area contributed by atoms with Gasteiger partial charge in [-0.3, -0.25) is 0 Å². The first-order valence-electron chi connectivity index (χ1n) is 3.45. The van der Waals surface area contributed by atoms with Gasteiger partial charge in [0.1, 0.15) is 0 Å². The monoisotopic (exact) mass is 126 g/mol. The predicted molar refractivity (Wildman–Crippen MR) is 39.0 cm³/mol. The first kappa shape index (κ1) is 8.52. The van der Waals surface area contributed by atoms with Gasteiger partial charge < -0.3 is 5.11 Å². The Bertz CT molecular complexity index is 107. The fourth-order valence-corrected chi connectivity index (χ4v) is 0.459. The van der Waals surface area contributed by atoms with Gasteiger partial charge >= 0.3 is 0 Å². The van der Waals surface area contributed by atoms with Crippen LogP contribution in [-0.2, 0) is 0 Å². The second kappa shape index (κ2) is 5.65. The van der Waals surface area contributed by atoms with Crippen LogP contribution < -0.4 is 0 Å². The third-order valence-corrected chi connectivity index (χ3v) is 1.11. The predicted octanol–water partition coefficient (Wildman–Crippen LogP) is 1.56. The molecule has 0 amide bonds. The van der Waals surface area contributed by atoms with Gasteiger partial charge in [-0.05, 0) is 6.42 Å². The molecule has 9 heavy (non-hydrogen) atoms. The van der Waals surface area contributed by atoms with Crippen molar-refractivity contribution < 1.29 is 5.11 Å². The third-order valence-electron chi connectivity index (χ3n) is 1.11. The van der Waals surface area contributed by atoms with Crippen molar-refractivity contribution >= 4 is 0 Å². The van der Waals surface area contributed by atoms with Crippen molar-refractivity contribution in [2.24, 2.45) is 0 Å². The topological polar surface area (TPSA) is 20.2 Å². The number of hydrogen-bond donors (Lipinski definition) is 1. The van der Waals surface area contributed by atoms with E-state index in [4.69, 9.17) is 5.11 Å². The molecule has 0 spiro atoms. The highest BCUT2D eigenvalue weighted by atomic mass is 16.3. The molecule has 0 aromatic heterocycles. The zero-order valence-corrected chi connectivity index (χ0v) is 6.15. The fraction of sp³-hybridized carbons (Fsp3) is 0.750. The minimum absolute atomic E-state index is 0.218. The van der Waals surface area contributed by atoms with E-state index >= 15 is 0 Å². The van der Waals surface area contributed by atoms with Crippen LogP contribution in [-0.4, -0.2) is 11.2 Å². The van der Waals surface area contributed by atoms with Gasteiger partial charge in [-0.2, -0.15) is 0 Å². The molecule has 0 unspecified atom stereocenters. The second-order valence-corrected chi connectivity index (χ2v) is 1.97. The maximum absolute atomic E-state index is 8.98. The average molecular weight is 126 g/mol. The lowest BCUT2D eigenvalue weighted by Gasteiger charge is -1.98. The third kappa shape index (κ3) is 5.39. The van der Waals surface area contributed by atoms with Gasteiger partial charge in [0.05, 0.1) is 6.10 Å². The molecule has 1 heteroatoms. The first-order valence-corrected chi connectivity index (χ1v) is 3.45. The van der Waals surface area contributed by atoms with Gasteiger partial charge in [0, 0.05) is 12.8 Å². The Morgan fingerprint density at radius 1 is 1.33 bits per heavy atom. The average Bonchev–Trinajstić information content (AvgIpc) is 1.89. The van der Waals surface area contributed by atoms with E-state index in [-0.39, 0.29) is 6.10 Å². The molecule has 0 heterocycles. The summed E-state index contributed by atoms with van der Waals surface area (Å²) in [6, 6.07) is 0. The Morgan fingerprint density at radius 3 is 2.44 bits per heavy atom. The maximum Gasteiger partial charge on any atom is 0.0646 e. The summed E-state index contributed by atoms with van der Waals surface area (Å²) >= 11 is 0. The number of rotatable bonds is 2. The van der Waals surface area contributed by atoms with Crippen LogP contribution in [0.2, 0.25) is 0 Å². The van der Waals surface area contributed by atoms with Crippen molar-refractivity contribution in [3.8, 4) is 11.8 Å². The molecule has 0 bridgehead atoms. The quantitative estimate of drug-likeness (QED) is 0.557. The van der Waals surface area contributed by atoms with Crippen molar-refractivity contribution in [2.75, 3.05) is 0 Å². The molecule has 0 aromatic rings. The van der Waals surface area contributed by atoms with Crippen LogP contribution in [0.25, 0.3) is 0 Å². The summed E-state index contributed by atoms with van der Waals surface area (Å²) < 4.78 is 0. The normalized spacial score (nSPS) is 11.9. The molecule has 0 fully saturated rings. The molecule has 0 aliphatic carbocycles. The molecule has 1 N–H and O–H groups in total. The van der Waals surface area contributed by atoms with Gasteiger partial charge in [0.25, 0.3) is 0 Å². The maximum atomic E-state index is 8.98. The zero-order chi connectivity index (χ0) is 7.11. The van der Waals surface area contributed by atoms with Crippen molar-refractivity contribution in [1.82, 2.24) is 0 Å². The van der Waals surface area contributed by atoms with E-state index in [1.807, 2.05) is 13.8 Å². The van der Waals surface area contributed by atoms with E-state index in [1.54, 1.807) is 0 Å². The van der Waals surface area contributed by atoms with Gasteiger partial charge in [-0.15, -0.1) is 11.8 Å². The molecule has 0 saturated heterocycles. The lowest BCUT2D eigenvalue weighted by atomic mass is 10.2. The molecule has 0 aromatic carbocycles. The van der Waals surface area contributed by atoms with E-state index in [2.05, 4.69) is 11.8 Å². The smallest absolute Gasteiger partial charge is 0.0646 e. The van der Waals surface area contributed by atoms with Gasteiger partial charge in [-0.25, -0.2) is 0 Å². The Labute approximate surface area is 57.1 Å². The molecule has 0 aliphatic rings. The second-order valence-electron chi connectivity index (χ2n) is 1.97. The SMILES string of the molecule is CCC#CC[C@H](O)CC. The Hall–Kier alpha value is -0.480. The van der Waals surface area contributed by atoms with Crippen molar-refractivity contribution in [2.45, 2.75) is 39.2 Å². The largest absolute Gasteiger partial charge is 0.392 e. The summed E-state index contributed by atoms with van der Waals surface area (Å²) in [6.07, 6.45) is 2.10. The van der Waals surface area contributed by atoms with E-state index < -0.39 is 0 Å².